The number of nitrogens with zero attached hydrogens (tertiary/aromatic N) is 2. The Morgan fingerprint density at radius 3 is 2.88 bits per heavy atom. The third kappa shape index (κ3) is 6.97. The van der Waals surface area contributed by atoms with Gasteiger partial charge in [0, 0.05) is 18.0 Å². The normalized spacial score (nSPS) is 16.1. The molecule has 2 heterocycles. The lowest BCUT2D eigenvalue weighted by molar-refractivity contribution is -0.136. The van der Waals surface area contributed by atoms with Crippen LogP contribution in [0.3, 0.4) is 0 Å². The van der Waals surface area contributed by atoms with Gasteiger partial charge < -0.3 is 24.2 Å². The number of benzene rings is 1. The van der Waals surface area contributed by atoms with Gasteiger partial charge in [0.25, 0.3) is 0 Å². The highest BCUT2D eigenvalue weighted by atomic mass is 32.1. The largest absolute Gasteiger partial charge is 0.493 e. The summed E-state index contributed by atoms with van der Waals surface area (Å²) in [6.45, 7) is 4.63. The van der Waals surface area contributed by atoms with E-state index in [2.05, 4.69) is 24.3 Å². The van der Waals surface area contributed by atoms with Crippen LogP contribution in [-0.2, 0) is 16.0 Å². The highest BCUT2D eigenvalue weighted by molar-refractivity contribution is 7.10. The lowest BCUT2D eigenvalue weighted by Gasteiger charge is -2.37. The molecule has 0 fully saturated rings. The van der Waals surface area contributed by atoms with Gasteiger partial charge in [-0.2, -0.15) is 0 Å². The molecule has 1 amide bonds. The Hall–Kier alpha value is -2.57. The zero-order chi connectivity index (χ0) is 24.3. The number of aliphatic hydroxyl groups excluding tert-OH is 1. The van der Waals surface area contributed by atoms with E-state index < -0.39 is 6.10 Å². The Kier molecular flexibility index (Phi) is 10.2. The van der Waals surface area contributed by atoms with Gasteiger partial charge in [-0.3, -0.25) is 9.69 Å². The average molecular weight is 487 g/mol. The summed E-state index contributed by atoms with van der Waals surface area (Å²) in [7, 11) is 1.62. The van der Waals surface area contributed by atoms with Gasteiger partial charge in [0.15, 0.2) is 11.5 Å². The van der Waals surface area contributed by atoms with Gasteiger partial charge in [0.1, 0.15) is 13.2 Å². The molecule has 0 bridgehead atoms. The summed E-state index contributed by atoms with van der Waals surface area (Å²) >= 11 is 1.72. The second-order valence-electron chi connectivity index (χ2n) is 8.22. The zero-order valence-electron chi connectivity index (χ0n) is 19.9. The van der Waals surface area contributed by atoms with Crippen LogP contribution in [0.4, 0.5) is 0 Å². The van der Waals surface area contributed by atoms with Gasteiger partial charge in [0.05, 0.1) is 32.4 Å². The van der Waals surface area contributed by atoms with E-state index in [1.54, 1.807) is 18.4 Å². The lowest BCUT2D eigenvalue weighted by atomic mass is 10.0. The van der Waals surface area contributed by atoms with Crippen molar-refractivity contribution >= 4 is 17.2 Å². The van der Waals surface area contributed by atoms with Gasteiger partial charge in [-0.25, -0.2) is 0 Å². The van der Waals surface area contributed by atoms with Crippen LogP contribution in [0.15, 0.2) is 35.7 Å². The summed E-state index contributed by atoms with van der Waals surface area (Å²) < 4.78 is 16.8. The van der Waals surface area contributed by atoms with Crippen molar-refractivity contribution in [2.75, 3.05) is 53.1 Å². The van der Waals surface area contributed by atoms with Crippen LogP contribution in [0.2, 0.25) is 0 Å². The second-order valence-corrected chi connectivity index (χ2v) is 9.22. The van der Waals surface area contributed by atoms with Crippen LogP contribution in [0.25, 0.3) is 0 Å². The molecule has 0 saturated heterocycles. The van der Waals surface area contributed by atoms with Crippen molar-refractivity contribution in [2.24, 2.45) is 0 Å². The molecule has 0 unspecified atom stereocenters. The summed E-state index contributed by atoms with van der Waals surface area (Å²) in [4.78, 5) is 18.7. The molecule has 0 saturated carbocycles. The molecule has 7 nitrogen and oxygen atoms in total. The molecule has 184 valence electrons. The summed E-state index contributed by atoms with van der Waals surface area (Å²) in [5, 5.41) is 12.4. The topological polar surface area (TPSA) is 71.5 Å². The number of hydrogen-bond donors (Lipinski definition) is 1. The van der Waals surface area contributed by atoms with Crippen LogP contribution in [0.5, 0.6) is 11.5 Å². The SMILES string of the molecule is C#CCOC[C@@H](O)CN(CCC)CC(=O)N1CCc2sccc2[C@H]1COc1ccccc1OC. The van der Waals surface area contributed by atoms with Gasteiger partial charge >= 0.3 is 0 Å². The van der Waals surface area contributed by atoms with Crippen LogP contribution in [0.1, 0.15) is 29.8 Å². The molecule has 2 atom stereocenters. The first-order valence-electron chi connectivity index (χ1n) is 11.6. The summed E-state index contributed by atoms with van der Waals surface area (Å²) in [6, 6.07) is 9.43. The highest BCUT2D eigenvalue weighted by Gasteiger charge is 2.33. The standard InChI is InChI=1S/C26H34N2O5S/c1-4-12-27(16-20(29)18-32-14-5-2)17-26(30)28-13-10-25-21(11-15-34-25)22(28)19-33-24-9-7-6-8-23(24)31-3/h2,6-9,11,15,20,22,29H,4,10,12-14,16-19H2,1,3H3/t20-,22+/m0/s1. The smallest absolute Gasteiger partial charge is 0.237 e. The fraction of sp³-hybridized carbons (Fsp3) is 0.500. The summed E-state index contributed by atoms with van der Waals surface area (Å²) in [5.74, 6) is 3.73. The molecular formula is C26H34N2O5S. The molecule has 1 aromatic carbocycles. The zero-order valence-corrected chi connectivity index (χ0v) is 20.8. The second kappa shape index (κ2) is 13.4. The third-order valence-corrected chi connectivity index (χ3v) is 6.74. The number of amides is 1. The first kappa shape index (κ1) is 26.0. The van der Waals surface area contributed by atoms with E-state index in [9.17, 15) is 9.90 Å². The minimum Gasteiger partial charge on any atom is -0.493 e. The van der Waals surface area contributed by atoms with Crippen LogP contribution >= 0.6 is 11.3 Å². The maximum Gasteiger partial charge on any atom is 0.237 e. The van der Waals surface area contributed by atoms with E-state index in [0.29, 0.717) is 37.7 Å². The Balaban J connectivity index is 1.69. The van der Waals surface area contributed by atoms with Gasteiger partial charge in [-0.1, -0.05) is 25.0 Å². The molecule has 1 aromatic heterocycles. The maximum absolute atomic E-state index is 13.5. The first-order chi connectivity index (χ1) is 16.6. The molecular weight excluding hydrogens is 452 g/mol. The summed E-state index contributed by atoms with van der Waals surface area (Å²) in [6.07, 6.45) is 6.20. The Labute approximate surface area is 206 Å². The number of rotatable bonds is 13. The van der Waals surface area contributed by atoms with E-state index >= 15 is 0 Å². The predicted octanol–water partition coefficient (Wildman–Crippen LogP) is 2.98. The van der Waals surface area contributed by atoms with Crippen molar-refractivity contribution in [3.05, 3.63) is 46.2 Å². The number of methoxy groups -OCH3 is 1. The quantitative estimate of drug-likeness (QED) is 0.347. The summed E-state index contributed by atoms with van der Waals surface area (Å²) in [5.41, 5.74) is 1.14. The maximum atomic E-state index is 13.5. The van der Waals surface area contributed by atoms with E-state index in [4.69, 9.17) is 20.6 Å². The molecule has 0 spiro atoms. The number of ether oxygens (including phenoxy) is 3. The molecule has 8 heteroatoms. The Morgan fingerprint density at radius 2 is 2.15 bits per heavy atom. The number of fused-ring (bicyclic) bond motifs is 1. The van der Waals surface area contributed by atoms with Gasteiger partial charge in [-0.05, 0) is 48.5 Å². The average Bonchev–Trinajstić information content (AvgIpc) is 3.32. The van der Waals surface area contributed by atoms with Gasteiger partial charge in [0.2, 0.25) is 5.91 Å². The van der Waals surface area contributed by atoms with Crippen molar-refractivity contribution in [3.8, 4) is 23.8 Å². The van der Waals surface area contributed by atoms with Crippen molar-refractivity contribution in [1.82, 2.24) is 9.80 Å². The van der Waals surface area contributed by atoms with E-state index in [1.807, 2.05) is 34.1 Å². The molecule has 1 aliphatic rings. The fourth-order valence-electron chi connectivity index (χ4n) is 4.22. The van der Waals surface area contributed by atoms with E-state index in [1.165, 1.54) is 4.88 Å². The Bertz CT molecular complexity index is 957. The minimum atomic E-state index is -0.706. The first-order valence-corrected chi connectivity index (χ1v) is 12.5. The van der Waals surface area contributed by atoms with Crippen molar-refractivity contribution in [1.29, 1.82) is 0 Å². The number of para-hydroxylation sites is 2. The Morgan fingerprint density at radius 1 is 1.35 bits per heavy atom. The molecule has 0 aliphatic carbocycles. The number of carbonyl (C=O) groups excluding carboxylic acids is 1. The number of carbonyl (C=O) groups is 1. The van der Waals surface area contributed by atoms with Crippen LogP contribution in [-0.4, -0.2) is 80.0 Å². The number of hydrogen-bond acceptors (Lipinski definition) is 7. The monoisotopic (exact) mass is 486 g/mol. The predicted molar refractivity (Wildman–Crippen MR) is 133 cm³/mol. The van der Waals surface area contributed by atoms with Crippen molar-refractivity contribution < 1.29 is 24.1 Å². The lowest BCUT2D eigenvalue weighted by Crippen LogP contribution is -2.48. The molecule has 2 aromatic rings. The fourth-order valence-corrected chi connectivity index (χ4v) is 5.15. The van der Waals surface area contributed by atoms with Gasteiger partial charge in [-0.15, -0.1) is 17.8 Å². The van der Waals surface area contributed by atoms with Crippen LogP contribution < -0.4 is 9.47 Å². The van der Waals surface area contributed by atoms with Crippen LogP contribution in [0, 0.1) is 12.3 Å². The van der Waals surface area contributed by atoms with Crippen molar-refractivity contribution in [2.45, 2.75) is 31.9 Å². The van der Waals surface area contributed by atoms with E-state index in [0.717, 1.165) is 18.4 Å². The third-order valence-electron chi connectivity index (χ3n) is 5.74. The van der Waals surface area contributed by atoms with Crippen molar-refractivity contribution in [3.63, 3.8) is 0 Å². The number of aliphatic hydroxyl groups is 1. The minimum absolute atomic E-state index is 0.0238. The number of thiophene rings is 1. The van der Waals surface area contributed by atoms with E-state index in [-0.39, 0.29) is 31.7 Å². The molecule has 3 rings (SSSR count). The molecule has 1 N–H and O–H groups in total. The molecule has 1 aliphatic heterocycles. The highest BCUT2D eigenvalue weighted by Crippen LogP contribution is 2.35. The molecule has 0 radical (unpaired) electrons. The number of terminal acetylenes is 1. The molecule has 34 heavy (non-hydrogen) atoms.